The van der Waals surface area contributed by atoms with Crippen molar-refractivity contribution in [3.05, 3.63) is 54.0 Å². The lowest BCUT2D eigenvalue weighted by Gasteiger charge is -2.54. The molecule has 2 heterocycles. The van der Waals surface area contributed by atoms with Crippen molar-refractivity contribution in [3.63, 3.8) is 0 Å². The minimum absolute atomic E-state index is 0.102. The van der Waals surface area contributed by atoms with Gasteiger partial charge in [-0.2, -0.15) is 0 Å². The molecule has 1 aliphatic heterocycles. The Labute approximate surface area is 172 Å². The van der Waals surface area contributed by atoms with Crippen LogP contribution in [0.1, 0.15) is 31.6 Å². The number of benzene rings is 1. The van der Waals surface area contributed by atoms with Crippen LogP contribution in [0.15, 0.2) is 52.1 Å². The van der Waals surface area contributed by atoms with Crippen molar-refractivity contribution in [1.29, 1.82) is 0 Å². The fraction of sp³-hybridized carbons (Fsp3) is 0.522. The second-order valence-corrected chi connectivity index (χ2v) is 8.46. The summed E-state index contributed by atoms with van der Waals surface area (Å²) in [5.41, 5.74) is 1.25. The third-order valence-corrected chi connectivity index (χ3v) is 6.22. The summed E-state index contributed by atoms with van der Waals surface area (Å²) in [7, 11) is 1.68. The van der Waals surface area contributed by atoms with Crippen molar-refractivity contribution in [2.24, 2.45) is 16.3 Å². The zero-order valence-corrected chi connectivity index (χ0v) is 17.5. The van der Waals surface area contributed by atoms with Gasteiger partial charge in [-0.15, -0.1) is 0 Å². The number of rotatable bonds is 7. The van der Waals surface area contributed by atoms with Crippen LogP contribution in [0.5, 0.6) is 5.75 Å². The molecular formula is C23H31N3O3. The van der Waals surface area contributed by atoms with Gasteiger partial charge in [-0.25, -0.2) is 4.99 Å². The normalized spacial score (nSPS) is 25.2. The van der Waals surface area contributed by atoms with E-state index in [1.807, 2.05) is 24.3 Å². The Kier molecular flexibility index (Phi) is 5.81. The first-order valence-electron chi connectivity index (χ1n) is 10.4. The van der Waals surface area contributed by atoms with Gasteiger partial charge in [0.1, 0.15) is 11.5 Å². The lowest BCUT2D eigenvalue weighted by molar-refractivity contribution is -0.106. The Hall–Kier alpha value is -2.47. The maximum absolute atomic E-state index is 5.94. The number of hydrogen-bond donors (Lipinski definition) is 2. The molecule has 4 rings (SSSR count). The van der Waals surface area contributed by atoms with Crippen molar-refractivity contribution >= 4 is 5.96 Å². The van der Waals surface area contributed by atoms with Crippen molar-refractivity contribution in [2.75, 3.05) is 20.3 Å². The molecular weight excluding hydrogens is 366 g/mol. The fourth-order valence-corrected chi connectivity index (χ4v) is 4.58. The quantitative estimate of drug-likeness (QED) is 0.554. The molecule has 1 saturated carbocycles. The standard InChI is InChI=1S/C23H31N3O3/c1-23(2)20(19-11-14-29-21(19)23)26-22(24-12-10-18-5-4-13-28-18)25-15-16-6-8-17(27-3)9-7-16/h4-9,13,19-21H,10-12,14-15H2,1-3H3,(H2,24,25,26). The van der Waals surface area contributed by atoms with Crippen LogP contribution in [0.3, 0.4) is 0 Å². The van der Waals surface area contributed by atoms with E-state index < -0.39 is 0 Å². The van der Waals surface area contributed by atoms with Crippen LogP contribution in [0.25, 0.3) is 0 Å². The van der Waals surface area contributed by atoms with Crippen LogP contribution < -0.4 is 15.4 Å². The van der Waals surface area contributed by atoms with Gasteiger partial charge in [0.05, 0.1) is 26.0 Å². The average Bonchev–Trinajstić information content (AvgIpc) is 3.41. The van der Waals surface area contributed by atoms with Gasteiger partial charge in [-0.05, 0) is 36.2 Å². The topological polar surface area (TPSA) is 68.0 Å². The third-order valence-electron chi connectivity index (χ3n) is 6.22. The van der Waals surface area contributed by atoms with Crippen LogP contribution in [-0.4, -0.2) is 38.4 Å². The molecule has 1 saturated heterocycles. The van der Waals surface area contributed by atoms with Crippen molar-refractivity contribution in [1.82, 2.24) is 10.6 Å². The molecule has 2 fully saturated rings. The first kappa shape index (κ1) is 19.8. The van der Waals surface area contributed by atoms with Gasteiger partial charge in [0, 0.05) is 36.9 Å². The number of ether oxygens (including phenoxy) is 2. The Bertz CT molecular complexity index is 814. The highest BCUT2D eigenvalue weighted by atomic mass is 16.5. The summed E-state index contributed by atoms with van der Waals surface area (Å²) in [6.45, 7) is 6.79. The molecule has 0 bridgehead atoms. The number of aliphatic imine (C=N–C) groups is 1. The lowest BCUT2D eigenvalue weighted by Crippen LogP contribution is -2.68. The van der Waals surface area contributed by atoms with E-state index in [9.17, 15) is 0 Å². The van der Waals surface area contributed by atoms with E-state index in [4.69, 9.17) is 18.9 Å². The molecule has 2 aromatic rings. The molecule has 1 aromatic carbocycles. The number of hydrogen-bond acceptors (Lipinski definition) is 4. The van der Waals surface area contributed by atoms with Crippen molar-refractivity contribution in [3.8, 4) is 5.75 Å². The van der Waals surface area contributed by atoms with Gasteiger partial charge in [0.25, 0.3) is 0 Å². The van der Waals surface area contributed by atoms with Crippen LogP contribution in [0.2, 0.25) is 0 Å². The summed E-state index contributed by atoms with van der Waals surface area (Å²) in [6, 6.07) is 12.3. The second-order valence-electron chi connectivity index (χ2n) is 8.46. The van der Waals surface area contributed by atoms with Crippen molar-refractivity contribution < 1.29 is 13.9 Å². The zero-order valence-electron chi connectivity index (χ0n) is 17.5. The number of methoxy groups -OCH3 is 1. The van der Waals surface area contributed by atoms with E-state index >= 15 is 0 Å². The van der Waals surface area contributed by atoms with E-state index in [0.717, 1.165) is 49.0 Å². The number of fused-ring (bicyclic) bond motifs is 1. The summed E-state index contributed by atoms with van der Waals surface area (Å²) in [5.74, 6) is 3.23. The Morgan fingerprint density at radius 3 is 2.79 bits per heavy atom. The molecule has 6 nitrogen and oxygen atoms in total. The lowest BCUT2D eigenvalue weighted by atomic mass is 9.57. The first-order chi connectivity index (χ1) is 14.1. The molecule has 2 aliphatic rings. The molecule has 29 heavy (non-hydrogen) atoms. The highest BCUT2D eigenvalue weighted by molar-refractivity contribution is 5.80. The zero-order chi connectivity index (χ0) is 20.3. The van der Waals surface area contributed by atoms with Crippen LogP contribution in [0, 0.1) is 11.3 Å². The van der Waals surface area contributed by atoms with Crippen LogP contribution >= 0.6 is 0 Å². The number of guanidine groups is 1. The molecule has 2 N–H and O–H groups in total. The maximum atomic E-state index is 5.94. The predicted octanol–water partition coefficient (Wildman–Crippen LogP) is 3.38. The monoisotopic (exact) mass is 397 g/mol. The van der Waals surface area contributed by atoms with E-state index in [2.05, 4.69) is 36.6 Å². The summed E-state index contributed by atoms with van der Waals surface area (Å²) < 4.78 is 16.6. The molecule has 1 aromatic heterocycles. The average molecular weight is 398 g/mol. The molecule has 0 spiro atoms. The van der Waals surface area contributed by atoms with Gasteiger partial charge >= 0.3 is 0 Å². The Morgan fingerprint density at radius 2 is 2.07 bits per heavy atom. The smallest absolute Gasteiger partial charge is 0.191 e. The predicted molar refractivity (Wildman–Crippen MR) is 113 cm³/mol. The molecule has 6 heteroatoms. The van der Waals surface area contributed by atoms with Gasteiger partial charge in [-0.1, -0.05) is 26.0 Å². The molecule has 1 aliphatic carbocycles. The Balaban J connectivity index is 1.42. The van der Waals surface area contributed by atoms with E-state index in [-0.39, 0.29) is 5.41 Å². The maximum Gasteiger partial charge on any atom is 0.191 e. The summed E-state index contributed by atoms with van der Waals surface area (Å²) in [5, 5.41) is 7.17. The summed E-state index contributed by atoms with van der Waals surface area (Å²) in [4.78, 5) is 4.85. The highest BCUT2D eigenvalue weighted by Gasteiger charge is 2.59. The van der Waals surface area contributed by atoms with Gasteiger partial charge in [-0.3, -0.25) is 0 Å². The third kappa shape index (κ3) is 4.27. The van der Waals surface area contributed by atoms with E-state index in [0.29, 0.717) is 24.6 Å². The number of furan rings is 1. The molecule has 0 radical (unpaired) electrons. The minimum Gasteiger partial charge on any atom is -0.497 e. The molecule has 3 atom stereocenters. The van der Waals surface area contributed by atoms with Gasteiger partial charge < -0.3 is 24.5 Å². The van der Waals surface area contributed by atoms with Gasteiger partial charge in [0.2, 0.25) is 0 Å². The van der Waals surface area contributed by atoms with E-state index in [1.165, 1.54) is 0 Å². The van der Waals surface area contributed by atoms with Crippen molar-refractivity contribution in [2.45, 2.75) is 45.4 Å². The number of nitrogens with zero attached hydrogens (tertiary/aromatic N) is 1. The number of nitrogens with one attached hydrogen (secondary N) is 2. The largest absolute Gasteiger partial charge is 0.497 e. The summed E-state index contributed by atoms with van der Waals surface area (Å²) >= 11 is 0. The van der Waals surface area contributed by atoms with E-state index in [1.54, 1.807) is 13.4 Å². The molecule has 0 amide bonds. The highest BCUT2D eigenvalue weighted by Crippen LogP contribution is 2.52. The second kappa shape index (κ2) is 8.49. The SMILES string of the molecule is COc1ccc(CN=C(NCCc2ccco2)NC2C3CCOC3C2(C)C)cc1. The minimum atomic E-state index is 0.102. The molecule has 3 unspecified atom stereocenters. The Morgan fingerprint density at radius 1 is 1.24 bits per heavy atom. The summed E-state index contributed by atoms with van der Waals surface area (Å²) in [6.07, 6.45) is 4.00. The first-order valence-corrected chi connectivity index (χ1v) is 10.4. The fourth-order valence-electron chi connectivity index (χ4n) is 4.58. The van der Waals surface area contributed by atoms with Crippen LogP contribution in [0.4, 0.5) is 0 Å². The van der Waals surface area contributed by atoms with Crippen LogP contribution in [-0.2, 0) is 17.7 Å². The molecule has 156 valence electrons. The van der Waals surface area contributed by atoms with Gasteiger partial charge in [0.15, 0.2) is 5.96 Å².